The molecule has 4 atom stereocenters. The first-order chi connectivity index (χ1) is 18.3. The second-order valence-corrected chi connectivity index (χ2v) is 13.1. The molecule has 2 saturated heterocycles. The Morgan fingerprint density at radius 1 is 1.15 bits per heavy atom. The summed E-state index contributed by atoms with van der Waals surface area (Å²) in [6.07, 6.45) is -1.82. The van der Waals surface area contributed by atoms with E-state index in [4.69, 9.17) is 4.74 Å². The van der Waals surface area contributed by atoms with E-state index in [0.717, 1.165) is 22.0 Å². The zero-order valence-electron chi connectivity index (χ0n) is 22.2. The third-order valence-electron chi connectivity index (χ3n) is 7.62. The number of aromatic nitrogens is 3. The van der Waals surface area contributed by atoms with Crippen molar-refractivity contribution in [1.82, 2.24) is 15.0 Å². The predicted octanol–water partition coefficient (Wildman–Crippen LogP) is 5.20. The quantitative estimate of drug-likeness (QED) is 0.419. The summed E-state index contributed by atoms with van der Waals surface area (Å²) in [5.41, 5.74) is 2.15. The van der Waals surface area contributed by atoms with Gasteiger partial charge in [-0.25, -0.2) is 23.4 Å². The Bertz CT molecular complexity index is 1480. The lowest BCUT2D eigenvalue weighted by Gasteiger charge is -2.48. The number of hydrogen-bond donors (Lipinski definition) is 1. The number of nitrogens with zero attached hydrogens (tertiary/aromatic N) is 4. The summed E-state index contributed by atoms with van der Waals surface area (Å²) < 4.78 is 67.6. The SMILES string of the molecule is CC(C)c1ccc(N2C[C@H](CS(C)(=O)=O)[C@H]2C)c2cnc(Nc3ccnc([C@H]4CO[C@@H](C(F)(F)F)C4)n3)cc12. The third-order valence-corrected chi connectivity index (χ3v) is 8.66. The molecule has 0 bridgehead atoms. The molecule has 0 aliphatic carbocycles. The summed E-state index contributed by atoms with van der Waals surface area (Å²) in [6, 6.07) is 7.86. The summed E-state index contributed by atoms with van der Waals surface area (Å²) in [4.78, 5) is 15.5. The van der Waals surface area contributed by atoms with Crippen molar-refractivity contribution in [2.75, 3.05) is 35.4 Å². The molecule has 0 unspecified atom stereocenters. The maximum atomic E-state index is 13.0. The van der Waals surface area contributed by atoms with Crippen LogP contribution in [0, 0.1) is 5.92 Å². The van der Waals surface area contributed by atoms with Gasteiger partial charge < -0.3 is 15.0 Å². The monoisotopic (exact) mass is 563 g/mol. The number of alkyl halides is 3. The van der Waals surface area contributed by atoms with Crippen LogP contribution in [0.15, 0.2) is 36.7 Å². The number of ether oxygens (including phenoxy) is 1. The molecule has 1 aromatic carbocycles. The molecule has 2 aliphatic heterocycles. The van der Waals surface area contributed by atoms with Gasteiger partial charge in [-0.3, -0.25) is 0 Å². The van der Waals surface area contributed by atoms with Gasteiger partial charge >= 0.3 is 6.18 Å². The van der Waals surface area contributed by atoms with Crippen molar-refractivity contribution >= 4 is 37.9 Å². The molecule has 2 fully saturated rings. The van der Waals surface area contributed by atoms with Crippen LogP contribution in [0.5, 0.6) is 0 Å². The molecule has 2 aliphatic rings. The predicted molar refractivity (Wildman–Crippen MR) is 144 cm³/mol. The molecule has 12 heteroatoms. The fourth-order valence-electron chi connectivity index (χ4n) is 5.46. The molecule has 0 saturated carbocycles. The van der Waals surface area contributed by atoms with E-state index in [0.29, 0.717) is 24.0 Å². The minimum Gasteiger partial charge on any atom is -0.368 e. The third kappa shape index (κ3) is 5.81. The van der Waals surface area contributed by atoms with Gasteiger partial charge in [-0.2, -0.15) is 13.2 Å². The summed E-state index contributed by atoms with van der Waals surface area (Å²) in [6.45, 7) is 6.86. The molecule has 4 heterocycles. The Kier molecular flexibility index (Phi) is 7.21. The van der Waals surface area contributed by atoms with Gasteiger partial charge in [0.05, 0.1) is 12.4 Å². The average Bonchev–Trinajstić information content (AvgIpc) is 3.36. The van der Waals surface area contributed by atoms with Crippen LogP contribution in [0.25, 0.3) is 10.8 Å². The smallest absolute Gasteiger partial charge is 0.368 e. The van der Waals surface area contributed by atoms with E-state index in [1.807, 2.05) is 13.0 Å². The molecule has 2 aromatic heterocycles. The number of halogens is 3. The maximum Gasteiger partial charge on any atom is 0.414 e. The lowest BCUT2D eigenvalue weighted by molar-refractivity contribution is -0.206. The van der Waals surface area contributed by atoms with Gasteiger partial charge in [0.2, 0.25) is 0 Å². The van der Waals surface area contributed by atoms with Crippen LogP contribution in [0.2, 0.25) is 0 Å². The van der Waals surface area contributed by atoms with Crippen LogP contribution in [-0.2, 0) is 14.6 Å². The van der Waals surface area contributed by atoms with Crippen molar-refractivity contribution in [1.29, 1.82) is 0 Å². The molecule has 5 rings (SSSR count). The molecule has 210 valence electrons. The van der Waals surface area contributed by atoms with E-state index >= 15 is 0 Å². The highest BCUT2D eigenvalue weighted by molar-refractivity contribution is 7.90. The van der Waals surface area contributed by atoms with E-state index < -0.39 is 28.0 Å². The number of hydrogen-bond acceptors (Lipinski definition) is 8. The highest BCUT2D eigenvalue weighted by Crippen LogP contribution is 2.40. The van der Waals surface area contributed by atoms with Crippen molar-refractivity contribution in [2.45, 2.75) is 57.3 Å². The van der Waals surface area contributed by atoms with E-state index in [1.54, 1.807) is 12.3 Å². The molecule has 0 spiro atoms. The van der Waals surface area contributed by atoms with Gasteiger partial charge in [-0.15, -0.1) is 0 Å². The van der Waals surface area contributed by atoms with E-state index in [9.17, 15) is 21.6 Å². The molecule has 3 aromatic rings. The Hall–Kier alpha value is -2.99. The van der Waals surface area contributed by atoms with Gasteiger partial charge in [0.15, 0.2) is 6.10 Å². The Balaban J connectivity index is 1.40. The Morgan fingerprint density at radius 2 is 1.92 bits per heavy atom. The highest BCUT2D eigenvalue weighted by Gasteiger charge is 2.46. The zero-order valence-corrected chi connectivity index (χ0v) is 23.1. The first-order valence-corrected chi connectivity index (χ1v) is 15.0. The van der Waals surface area contributed by atoms with Crippen molar-refractivity contribution < 1.29 is 26.3 Å². The lowest BCUT2D eigenvalue weighted by Crippen LogP contribution is -2.57. The van der Waals surface area contributed by atoms with Gasteiger partial charge in [-0.05, 0) is 48.4 Å². The highest BCUT2D eigenvalue weighted by atomic mass is 32.2. The van der Waals surface area contributed by atoms with E-state index in [-0.39, 0.29) is 36.7 Å². The number of nitrogens with one attached hydrogen (secondary N) is 1. The minimum absolute atomic E-state index is 0.0809. The van der Waals surface area contributed by atoms with Gasteiger partial charge in [0.1, 0.15) is 27.3 Å². The number of fused-ring (bicyclic) bond motifs is 1. The van der Waals surface area contributed by atoms with E-state index in [1.165, 1.54) is 12.5 Å². The van der Waals surface area contributed by atoms with Crippen LogP contribution in [0.3, 0.4) is 0 Å². The normalized spacial score (nSPS) is 23.8. The minimum atomic E-state index is -4.41. The second kappa shape index (κ2) is 10.2. The Labute approximate surface area is 225 Å². The molecule has 39 heavy (non-hydrogen) atoms. The van der Waals surface area contributed by atoms with Crippen molar-refractivity contribution in [2.24, 2.45) is 5.92 Å². The van der Waals surface area contributed by atoms with Crippen molar-refractivity contribution in [3.8, 4) is 0 Å². The Morgan fingerprint density at radius 3 is 2.56 bits per heavy atom. The molecular formula is C27H32F3N5O3S. The maximum absolute atomic E-state index is 13.0. The van der Waals surface area contributed by atoms with Crippen LogP contribution in [0.4, 0.5) is 30.5 Å². The number of pyridine rings is 1. The number of benzene rings is 1. The first-order valence-electron chi connectivity index (χ1n) is 13.0. The summed E-state index contributed by atoms with van der Waals surface area (Å²) in [5, 5.41) is 5.17. The molecule has 0 radical (unpaired) electrons. The second-order valence-electron chi connectivity index (χ2n) is 10.9. The first kappa shape index (κ1) is 27.6. The molecule has 0 amide bonds. The van der Waals surface area contributed by atoms with Crippen molar-refractivity contribution in [3.63, 3.8) is 0 Å². The van der Waals surface area contributed by atoms with Gasteiger partial charge in [0, 0.05) is 54.1 Å². The lowest BCUT2D eigenvalue weighted by atomic mass is 9.88. The zero-order chi connectivity index (χ0) is 28.1. The van der Waals surface area contributed by atoms with Crippen molar-refractivity contribution in [3.05, 3.63) is 48.0 Å². The van der Waals surface area contributed by atoms with Gasteiger partial charge in [-0.1, -0.05) is 19.9 Å². The topological polar surface area (TPSA) is 97.3 Å². The van der Waals surface area contributed by atoms with E-state index in [2.05, 4.69) is 51.1 Å². The number of anilines is 3. The average molecular weight is 564 g/mol. The standard InChI is InChI=1S/C27H32F3N5O3S/c1-15(2)19-5-6-22(35-12-18(16(35)3)14-39(4,36)37)21-11-32-25(10-20(19)21)33-24-7-8-31-26(34-24)17-9-23(38-13-17)27(28,29)30/h5-8,10-11,15-18,23H,9,12-14H2,1-4H3,(H,31,32,33,34)/t16-,17-,18-,23-/m1/s1. The van der Waals surface area contributed by atoms with Gasteiger partial charge in [0.25, 0.3) is 0 Å². The molecule has 1 N–H and O–H groups in total. The van der Waals surface area contributed by atoms with Crippen LogP contribution in [0.1, 0.15) is 50.4 Å². The summed E-state index contributed by atoms with van der Waals surface area (Å²) in [5.74, 6) is 1.24. The van der Waals surface area contributed by atoms with Crippen LogP contribution in [-0.4, -0.2) is 66.9 Å². The van der Waals surface area contributed by atoms with Crippen LogP contribution >= 0.6 is 0 Å². The number of sulfone groups is 1. The summed E-state index contributed by atoms with van der Waals surface area (Å²) in [7, 11) is -3.05. The fourth-order valence-corrected chi connectivity index (χ4v) is 6.62. The fraction of sp³-hybridized carbons (Fsp3) is 0.519. The number of rotatable bonds is 7. The summed E-state index contributed by atoms with van der Waals surface area (Å²) >= 11 is 0. The molecular weight excluding hydrogens is 531 g/mol. The molecule has 8 nitrogen and oxygen atoms in total. The van der Waals surface area contributed by atoms with Crippen LogP contribution < -0.4 is 10.2 Å². The largest absolute Gasteiger partial charge is 0.414 e.